The van der Waals surface area contributed by atoms with E-state index in [1.54, 1.807) is 0 Å². The van der Waals surface area contributed by atoms with E-state index < -0.39 is 0 Å². The number of hydrogen-bond acceptors (Lipinski definition) is 5. The van der Waals surface area contributed by atoms with Crippen molar-refractivity contribution in [3.8, 4) is 45.3 Å². The zero-order chi connectivity index (χ0) is 29.0. The molecule has 206 valence electrons. The first-order valence-electron chi connectivity index (χ1n) is 14.5. The van der Waals surface area contributed by atoms with Gasteiger partial charge in [0.1, 0.15) is 11.2 Å². The van der Waals surface area contributed by atoms with Crippen LogP contribution >= 0.6 is 11.3 Å². The fourth-order valence-electron chi connectivity index (χ4n) is 6.04. The maximum Gasteiger partial charge on any atom is 0.164 e. The SMILES string of the molecule is c1ccc(-c2nc(-c3ccccc3)nc(-c3ccc4c(c3)oc3cc(-c5cccc6sc7ccccc7c56)ccc34)n2)cc1. The molecule has 6 aromatic carbocycles. The van der Waals surface area contributed by atoms with Crippen LogP contribution in [0.5, 0.6) is 0 Å². The van der Waals surface area contributed by atoms with Crippen LogP contribution in [0.1, 0.15) is 0 Å². The Balaban J connectivity index is 1.18. The van der Waals surface area contributed by atoms with Crippen molar-refractivity contribution in [1.82, 2.24) is 15.0 Å². The second-order valence-corrected chi connectivity index (χ2v) is 11.9. The monoisotopic (exact) mass is 581 g/mol. The van der Waals surface area contributed by atoms with Gasteiger partial charge in [-0.3, -0.25) is 0 Å². The molecule has 0 N–H and O–H groups in total. The van der Waals surface area contributed by atoms with Gasteiger partial charge >= 0.3 is 0 Å². The van der Waals surface area contributed by atoms with Crippen LogP contribution in [0.25, 0.3) is 87.4 Å². The topological polar surface area (TPSA) is 51.8 Å². The Morgan fingerprint density at radius 2 is 0.955 bits per heavy atom. The van der Waals surface area contributed by atoms with Crippen LogP contribution in [-0.2, 0) is 0 Å². The van der Waals surface area contributed by atoms with E-state index in [9.17, 15) is 0 Å². The summed E-state index contributed by atoms with van der Waals surface area (Å²) in [7, 11) is 0. The molecule has 0 unspecified atom stereocenters. The molecule has 4 nitrogen and oxygen atoms in total. The lowest BCUT2D eigenvalue weighted by Gasteiger charge is -2.08. The van der Waals surface area contributed by atoms with Gasteiger partial charge in [-0.15, -0.1) is 11.3 Å². The fraction of sp³-hybridized carbons (Fsp3) is 0. The quantitative estimate of drug-likeness (QED) is 0.207. The molecule has 0 aliphatic heterocycles. The molecule has 0 amide bonds. The van der Waals surface area contributed by atoms with Gasteiger partial charge in [0, 0.05) is 47.6 Å². The van der Waals surface area contributed by atoms with Crippen LogP contribution in [0.4, 0.5) is 0 Å². The minimum Gasteiger partial charge on any atom is -0.456 e. The highest BCUT2D eigenvalue weighted by molar-refractivity contribution is 7.25. The summed E-state index contributed by atoms with van der Waals surface area (Å²) in [5, 5.41) is 4.74. The van der Waals surface area contributed by atoms with Gasteiger partial charge in [-0.25, -0.2) is 15.0 Å². The van der Waals surface area contributed by atoms with Crippen molar-refractivity contribution in [3.63, 3.8) is 0 Å². The zero-order valence-electron chi connectivity index (χ0n) is 23.4. The molecule has 9 aromatic rings. The highest BCUT2D eigenvalue weighted by Gasteiger charge is 2.16. The summed E-state index contributed by atoms with van der Waals surface area (Å²) in [5.74, 6) is 1.88. The number of rotatable bonds is 4. The number of benzene rings is 6. The average molecular weight is 582 g/mol. The molecular weight excluding hydrogens is 559 g/mol. The number of fused-ring (bicyclic) bond motifs is 6. The van der Waals surface area contributed by atoms with Crippen LogP contribution in [0.15, 0.2) is 144 Å². The van der Waals surface area contributed by atoms with E-state index in [-0.39, 0.29) is 0 Å². The lowest BCUT2D eigenvalue weighted by molar-refractivity contribution is 0.669. The molecule has 0 aliphatic carbocycles. The zero-order valence-corrected chi connectivity index (χ0v) is 24.3. The third kappa shape index (κ3) is 4.09. The normalized spacial score (nSPS) is 11.6. The first kappa shape index (κ1) is 24.9. The Hall–Kier alpha value is -5.65. The molecule has 3 heterocycles. The molecule has 5 heteroatoms. The van der Waals surface area contributed by atoms with E-state index in [1.807, 2.05) is 78.1 Å². The van der Waals surface area contributed by atoms with Crippen molar-refractivity contribution in [2.24, 2.45) is 0 Å². The smallest absolute Gasteiger partial charge is 0.164 e. The summed E-state index contributed by atoms with van der Waals surface area (Å²) in [6, 6.07) is 48.0. The Bertz CT molecular complexity index is 2440. The molecule has 0 spiro atoms. The van der Waals surface area contributed by atoms with Gasteiger partial charge < -0.3 is 4.42 Å². The van der Waals surface area contributed by atoms with Crippen molar-refractivity contribution < 1.29 is 4.42 Å². The van der Waals surface area contributed by atoms with E-state index in [0.717, 1.165) is 44.2 Å². The number of aromatic nitrogens is 3. The van der Waals surface area contributed by atoms with Gasteiger partial charge in [-0.1, -0.05) is 103 Å². The molecule has 0 bridgehead atoms. The van der Waals surface area contributed by atoms with Crippen molar-refractivity contribution in [2.45, 2.75) is 0 Å². The predicted octanol–water partition coefficient (Wildman–Crippen LogP) is 10.8. The molecule has 0 atom stereocenters. The second-order valence-electron chi connectivity index (χ2n) is 10.8. The lowest BCUT2D eigenvalue weighted by Crippen LogP contribution is -2.00. The largest absolute Gasteiger partial charge is 0.456 e. The molecule has 0 saturated heterocycles. The molecule has 44 heavy (non-hydrogen) atoms. The first-order valence-corrected chi connectivity index (χ1v) is 15.3. The molecule has 0 saturated carbocycles. The standard InChI is InChI=1S/C39H23N3OS/c1-3-10-24(11-4-1)37-40-38(25-12-5-2-6-13-25)42-39(41-37)27-19-21-30-29-20-18-26(22-32(29)43-33(30)23-27)28-15-9-17-35-36(28)31-14-7-8-16-34(31)44-35/h1-23H. The number of thiophene rings is 1. The number of hydrogen-bond donors (Lipinski definition) is 0. The van der Waals surface area contributed by atoms with Gasteiger partial charge in [0.2, 0.25) is 0 Å². The minimum atomic E-state index is 0.608. The summed E-state index contributed by atoms with van der Waals surface area (Å²) in [6.45, 7) is 0. The van der Waals surface area contributed by atoms with Crippen molar-refractivity contribution in [1.29, 1.82) is 0 Å². The average Bonchev–Trinajstić information content (AvgIpc) is 3.66. The van der Waals surface area contributed by atoms with Crippen molar-refractivity contribution in [3.05, 3.63) is 140 Å². The predicted molar refractivity (Wildman–Crippen MR) is 182 cm³/mol. The summed E-state index contributed by atoms with van der Waals surface area (Å²) in [6.07, 6.45) is 0. The van der Waals surface area contributed by atoms with Crippen molar-refractivity contribution >= 4 is 53.4 Å². The summed E-state index contributed by atoms with van der Waals surface area (Å²) in [4.78, 5) is 14.6. The molecule has 0 fully saturated rings. The van der Waals surface area contributed by atoms with Gasteiger partial charge in [-0.2, -0.15) is 0 Å². The molecular formula is C39H23N3OS. The summed E-state index contributed by atoms with van der Waals surface area (Å²) >= 11 is 1.84. The van der Waals surface area contributed by atoms with Crippen LogP contribution in [0, 0.1) is 0 Å². The van der Waals surface area contributed by atoms with Crippen LogP contribution in [0.2, 0.25) is 0 Å². The van der Waals surface area contributed by atoms with Gasteiger partial charge in [0.05, 0.1) is 0 Å². The van der Waals surface area contributed by atoms with Gasteiger partial charge in [0.25, 0.3) is 0 Å². The van der Waals surface area contributed by atoms with E-state index in [4.69, 9.17) is 19.4 Å². The third-order valence-corrected chi connectivity index (χ3v) is 9.28. The van der Waals surface area contributed by atoms with E-state index in [1.165, 1.54) is 25.7 Å². The number of nitrogens with zero attached hydrogens (tertiary/aromatic N) is 3. The molecule has 3 aromatic heterocycles. The van der Waals surface area contributed by atoms with Gasteiger partial charge in [-0.05, 0) is 47.5 Å². The molecule has 0 aliphatic rings. The molecule has 0 radical (unpaired) electrons. The van der Waals surface area contributed by atoms with Crippen LogP contribution in [0.3, 0.4) is 0 Å². The second kappa shape index (κ2) is 9.97. The fourth-order valence-corrected chi connectivity index (χ4v) is 7.17. The van der Waals surface area contributed by atoms with Crippen molar-refractivity contribution in [2.75, 3.05) is 0 Å². The summed E-state index contributed by atoms with van der Waals surface area (Å²) in [5.41, 5.74) is 6.79. The Labute approximate surface area is 256 Å². The van der Waals surface area contributed by atoms with E-state index in [2.05, 4.69) is 72.8 Å². The maximum absolute atomic E-state index is 6.52. The Morgan fingerprint density at radius 3 is 1.64 bits per heavy atom. The van der Waals surface area contributed by atoms with Crippen LogP contribution < -0.4 is 0 Å². The Morgan fingerprint density at radius 1 is 0.409 bits per heavy atom. The minimum absolute atomic E-state index is 0.608. The maximum atomic E-state index is 6.52. The van der Waals surface area contributed by atoms with E-state index in [0.29, 0.717) is 17.5 Å². The summed E-state index contributed by atoms with van der Waals surface area (Å²) < 4.78 is 9.11. The highest BCUT2D eigenvalue weighted by atomic mass is 32.1. The third-order valence-electron chi connectivity index (χ3n) is 8.14. The van der Waals surface area contributed by atoms with Gasteiger partial charge in [0.15, 0.2) is 17.5 Å². The number of furan rings is 1. The lowest BCUT2D eigenvalue weighted by atomic mass is 9.98. The first-order chi connectivity index (χ1) is 21.8. The van der Waals surface area contributed by atoms with E-state index >= 15 is 0 Å². The Kier molecular flexibility index (Phi) is 5.64. The van der Waals surface area contributed by atoms with Crippen LogP contribution in [-0.4, -0.2) is 15.0 Å². The molecule has 9 rings (SSSR count). The highest BCUT2D eigenvalue weighted by Crippen LogP contribution is 2.41.